The molecule has 0 saturated heterocycles. The van der Waals surface area contributed by atoms with Crippen molar-refractivity contribution in [1.82, 2.24) is 0 Å². The van der Waals surface area contributed by atoms with Crippen molar-refractivity contribution in [3.63, 3.8) is 0 Å². The molecule has 1 aromatic rings. The van der Waals surface area contributed by atoms with Crippen LogP contribution in [0.2, 0.25) is 0 Å². The average Bonchev–Trinajstić information content (AvgIpc) is 2.15. The Bertz CT molecular complexity index is 298. The summed E-state index contributed by atoms with van der Waals surface area (Å²) in [6.07, 6.45) is 0.813. The first-order chi connectivity index (χ1) is 6.68. The maximum atomic E-state index is 10.4. The van der Waals surface area contributed by atoms with Crippen LogP contribution in [0.5, 0.6) is 0 Å². The second kappa shape index (κ2) is 7.26. The molecule has 3 nitrogen and oxygen atoms in total. The Morgan fingerprint density at radius 1 is 1.33 bits per heavy atom. The maximum absolute atomic E-state index is 10.4. The van der Waals surface area contributed by atoms with Gasteiger partial charge in [-0.05, 0) is 18.9 Å². The fraction of sp³-hybridized carbons (Fsp3) is 0.364. The SMILES string of the molecule is Cc1ccc(CCOCC(N)=O)cc1.Cl. The summed E-state index contributed by atoms with van der Waals surface area (Å²) in [4.78, 5) is 10.4. The molecule has 0 saturated carbocycles. The summed E-state index contributed by atoms with van der Waals surface area (Å²) in [5.41, 5.74) is 7.38. The fourth-order valence-corrected chi connectivity index (χ4v) is 1.12. The predicted molar refractivity (Wildman–Crippen MR) is 62.1 cm³/mol. The van der Waals surface area contributed by atoms with E-state index < -0.39 is 5.91 Å². The molecule has 1 rings (SSSR count). The van der Waals surface area contributed by atoms with Crippen LogP contribution in [0.4, 0.5) is 0 Å². The molecule has 0 spiro atoms. The number of rotatable bonds is 5. The van der Waals surface area contributed by atoms with Gasteiger partial charge in [-0.2, -0.15) is 0 Å². The van der Waals surface area contributed by atoms with Crippen LogP contribution in [0.1, 0.15) is 11.1 Å². The smallest absolute Gasteiger partial charge is 0.243 e. The van der Waals surface area contributed by atoms with Gasteiger partial charge in [0.15, 0.2) is 0 Å². The van der Waals surface area contributed by atoms with Gasteiger partial charge in [-0.15, -0.1) is 12.4 Å². The van der Waals surface area contributed by atoms with Crippen LogP contribution >= 0.6 is 12.4 Å². The van der Waals surface area contributed by atoms with Gasteiger partial charge >= 0.3 is 0 Å². The van der Waals surface area contributed by atoms with Crippen molar-refractivity contribution in [2.75, 3.05) is 13.2 Å². The van der Waals surface area contributed by atoms with Crippen molar-refractivity contribution in [2.24, 2.45) is 5.73 Å². The van der Waals surface area contributed by atoms with Crippen LogP contribution in [0.3, 0.4) is 0 Å². The van der Waals surface area contributed by atoms with Crippen molar-refractivity contribution >= 4 is 18.3 Å². The van der Waals surface area contributed by atoms with E-state index in [0.717, 1.165) is 6.42 Å². The van der Waals surface area contributed by atoms with Crippen LogP contribution in [0, 0.1) is 6.92 Å². The number of carbonyl (C=O) groups excluding carboxylic acids is 1. The van der Waals surface area contributed by atoms with E-state index in [1.165, 1.54) is 11.1 Å². The molecule has 0 atom stereocenters. The molecule has 15 heavy (non-hydrogen) atoms. The summed E-state index contributed by atoms with van der Waals surface area (Å²) < 4.78 is 5.05. The molecule has 2 N–H and O–H groups in total. The third kappa shape index (κ3) is 6.10. The number of carbonyl (C=O) groups is 1. The number of amides is 1. The summed E-state index contributed by atoms with van der Waals surface area (Å²) in [6, 6.07) is 8.23. The van der Waals surface area contributed by atoms with Gasteiger partial charge in [-0.25, -0.2) is 0 Å². The van der Waals surface area contributed by atoms with Crippen LogP contribution in [-0.2, 0) is 16.0 Å². The van der Waals surface area contributed by atoms with Gasteiger partial charge in [0.2, 0.25) is 5.91 Å². The molecule has 0 bridgehead atoms. The molecule has 1 aromatic carbocycles. The first kappa shape index (κ1) is 13.9. The molecule has 0 aromatic heterocycles. The third-order valence-electron chi connectivity index (χ3n) is 1.90. The molecule has 84 valence electrons. The Labute approximate surface area is 96.0 Å². The molecule has 0 radical (unpaired) electrons. The molecule has 0 fully saturated rings. The monoisotopic (exact) mass is 229 g/mol. The van der Waals surface area contributed by atoms with Crippen molar-refractivity contribution < 1.29 is 9.53 Å². The summed E-state index contributed by atoms with van der Waals surface area (Å²) in [5, 5.41) is 0. The Morgan fingerprint density at radius 3 is 2.47 bits per heavy atom. The molecule has 0 unspecified atom stereocenters. The lowest BCUT2D eigenvalue weighted by Gasteiger charge is -2.02. The minimum atomic E-state index is -0.422. The third-order valence-corrected chi connectivity index (χ3v) is 1.90. The van der Waals surface area contributed by atoms with Crippen LogP contribution in [-0.4, -0.2) is 19.1 Å². The summed E-state index contributed by atoms with van der Waals surface area (Å²) in [7, 11) is 0. The summed E-state index contributed by atoms with van der Waals surface area (Å²) in [5.74, 6) is -0.422. The van der Waals surface area contributed by atoms with E-state index >= 15 is 0 Å². The zero-order valence-corrected chi connectivity index (χ0v) is 9.55. The second-order valence-electron chi connectivity index (χ2n) is 3.25. The minimum absolute atomic E-state index is 0. The second-order valence-corrected chi connectivity index (χ2v) is 3.25. The molecule has 0 heterocycles. The number of hydrogen-bond acceptors (Lipinski definition) is 2. The normalized spacial score (nSPS) is 9.40. The lowest BCUT2D eigenvalue weighted by Crippen LogP contribution is -2.18. The molecule has 1 amide bonds. The highest BCUT2D eigenvalue weighted by Gasteiger charge is 1.95. The topological polar surface area (TPSA) is 52.3 Å². The van der Waals surface area contributed by atoms with E-state index in [2.05, 4.69) is 24.3 Å². The summed E-state index contributed by atoms with van der Waals surface area (Å²) in [6.45, 7) is 2.59. The first-order valence-electron chi connectivity index (χ1n) is 4.60. The van der Waals surface area contributed by atoms with Gasteiger partial charge in [-0.3, -0.25) is 4.79 Å². The summed E-state index contributed by atoms with van der Waals surface area (Å²) >= 11 is 0. The van der Waals surface area contributed by atoms with E-state index in [9.17, 15) is 4.79 Å². The molecular weight excluding hydrogens is 214 g/mol. The Balaban J connectivity index is 0.00000196. The van der Waals surface area contributed by atoms with E-state index in [1.54, 1.807) is 0 Å². The molecule has 0 aliphatic heterocycles. The largest absolute Gasteiger partial charge is 0.371 e. The lowest BCUT2D eigenvalue weighted by atomic mass is 10.1. The molecular formula is C11H16ClNO2. The van der Waals surface area contributed by atoms with E-state index in [1.807, 2.05) is 6.92 Å². The number of halogens is 1. The van der Waals surface area contributed by atoms with Crippen molar-refractivity contribution in [1.29, 1.82) is 0 Å². The van der Waals surface area contributed by atoms with Gasteiger partial charge in [0.1, 0.15) is 6.61 Å². The maximum Gasteiger partial charge on any atom is 0.243 e. The zero-order chi connectivity index (χ0) is 10.4. The van der Waals surface area contributed by atoms with Gasteiger partial charge in [0.25, 0.3) is 0 Å². The standard InChI is InChI=1S/C11H15NO2.ClH/c1-9-2-4-10(5-3-9)6-7-14-8-11(12)13;/h2-5H,6-8H2,1H3,(H2,12,13);1H. The van der Waals surface area contributed by atoms with Gasteiger partial charge in [-0.1, -0.05) is 29.8 Å². The number of benzene rings is 1. The Hall–Kier alpha value is -1.06. The van der Waals surface area contributed by atoms with Gasteiger partial charge < -0.3 is 10.5 Å². The Kier molecular flexibility index (Phi) is 6.75. The molecule has 0 aliphatic carbocycles. The Morgan fingerprint density at radius 2 is 1.93 bits per heavy atom. The van der Waals surface area contributed by atoms with E-state index in [-0.39, 0.29) is 19.0 Å². The van der Waals surface area contributed by atoms with Crippen molar-refractivity contribution in [2.45, 2.75) is 13.3 Å². The van der Waals surface area contributed by atoms with Crippen LogP contribution in [0.15, 0.2) is 24.3 Å². The molecule has 4 heteroatoms. The molecule has 0 aliphatic rings. The highest BCUT2D eigenvalue weighted by atomic mass is 35.5. The van der Waals surface area contributed by atoms with Crippen molar-refractivity contribution in [3.8, 4) is 0 Å². The minimum Gasteiger partial charge on any atom is -0.371 e. The van der Waals surface area contributed by atoms with Crippen LogP contribution < -0.4 is 5.73 Å². The highest BCUT2D eigenvalue weighted by Crippen LogP contribution is 2.03. The van der Waals surface area contributed by atoms with E-state index in [0.29, 0.717) is 6.61 Å². The fourth-order valence-electron chi connectivity index (χ4n) is 1.12. The lowest BCUT2D eigenvalue weighted by molar-refractivity contribution is -0.122. The number of hydrogen-bond donors (Lipinski definition) is 1. The van der Waals surface area contributed by atoms with Gasteiger partial charge in [0.05, 0.1) is 6.61 Å². The average molecular weight is 230 g/mol. The highest BCUT2D eigenvalue weighted by molar-refractivity contribution is 5.85. The quantitative estimate of drug-likeness (QED) is 0.778. The number of nitrogens with two attached hydrogens (primary N) is 1. The first-order valence-corrected chi connectivity index (χ1v) is 4.60. The van der Waals surface area contributed by atoms with Crippen molar-refractivity contribution in [3.05, 3.63) is 35.4 Å². The number of aryl methyl sites for hydroxylation is 1. The van der Waals surface area contributed by atoms with E-state index in [4.69, 9.17) is 10.5 Å². The predicted octanol–water partition coefficient (Wildman–Crippen LogP) is 1.46. The van der Waals surface area contributed by atoms with Crippen LogP contribution in [0.25, 0.3) is 0 Å². The number of primary amides is 1. The zero-order valence-electron chi connectivity index (χ0n) is 8.73. The van der Waals surface area contributed by atoms with Gasteiger partial charge in [0, 0.05) is 0 Å². The number of ether oxygens (including phenoxy) is 1.